The Balaban J connectivity index is 2.18. The number of β-amino-alcohol motifs (C(OH)–C–C–N with tert-alkyl or cyclic N) is 1. The van der Waals surface area contributed by atoms with Gasteiger partial charge in [-0.05, 0) is 36.9 Å². The topological polar surface area (TPSA) is 23.5 Å². The van der Waals surface area contributed by atoms with E-state index in [1.54, 1.807) is 11.3 Å². The van der Waals surface area contributed by atoms with Gasteiger partial charge in [0.05, 0.1) is 0 Å². The van der Waals surface area contributed by atoms with Gasteiger partial charge in [0, 0.05) is 18.0 Å². The van der Waals surface area contributed by atoms with Crippen LogP contribution in [0, 0.1) is 6.92 Å². The number of nitrogens with zero attached hydrogens (tertiary/aromatic N) is 1. The molecule has 0 amide bonds. The molecule has 0 saturated carbocycles. The van der Waals surface area contributed by atoms with Crippen LogP contribution in [-0.2, 0) is 5.60 Å². The van der Waals surface area contributed by atoms with Gasteiger partial charge in [-0.1, -0.05) is 6.92 Å². The first-order chi connectivity index (χ1) is 6.64. The van der Waals surface area contributed by atoms with Crippen LogP contribution in [0.3, 0.4) is 0 Å². The second-order valence-corrected chi connectivity index (χ2v) is 5.21. The van der Waals surface area contributed by atoms with Gasteiger partial charge in [-0.25, -0.2) is 0 Å². The highest BCUT2D eigenvalue weighted by Crippen LogP contribution is 2.34. The largest absolute Gasteiger partial charge is 0.384 e. The fraction of sp³-hybridized carbons (Fsp3) is 0.636. The van der Waals surface area contributed by atoms with Crippen molar-refractivity contribution in [3.63, 3.8) is 0 Å². The third-order valence-corrected chi connectivity index (χ3v) is 3.90. The number of rotatable bonds is 2. The van der Waals surface area contributed by atoms with Gasteiger partial charge in [0.25, 0.3) is 0 Å². The summed E-state index contributed by atoms with van der Waals surface area (Å²) in [7, 11) is 0. The van der Waals surface area contributed by atoms with Gasteiger partial charge in [0.2, 0.25) is 0 Å². The number of aryl methyl sites for hydroxylation is 1. The standard InChI is InChI=1S/C11H17NOS/c1-3-12-5-4-11(13,8-12)10-6-9(2)14-7-10/h6-7,13H,3-5,8H2,1-2H3. The minimum absolute atomic E-state index is 0.583. The summed E-state index contributed by atoms with van der Waals surface area (Å²) in [5.41, 5.74) is 0.525. The zero-order valence-electron chi connectivity index (χ0n) is 8.79. The van der Waals surface area contributed by atoms with E-state index in [1.165, 1.54) is 4.88 Å². The number of thiophene rings is 1. The van der Waals surface area contributed by atoms with Crippen LogP contribution in [0.2, 0.25) is 0 Å². The number of likely N-dealkylation sites (N-methyl/N-ethyl adjacent to an activating group) is 1. The molecule has 3 heteroatoms. The maximum absolute atomic E-state index is 10.4. The summed E-state index contributed by atoms with van der Waals surface area (Å²) < 4.78 is 0. The van der Waals surface area contributed by atoms with E-state index in [0.29, 0.717) is 0 Å². The van der Waals surface area contributed by atoms with E-state index in [0.717, 1.165) is 31.6 Å². The molecule has 2 rings (SSSR count). The third kappa shape index (κ3) is 1.72. The molecule has 2 heterocycles. The Morgan fingerprint density at radius 2 is 2.43 bits per heavy atom. The molecule has 2 nitrogen and oxygen atoms in total. The molecular weight excluding hydrogens is 194 g/mol. The first-order valence-electron chi connectivity index (χ1n) is 5.14. The van der Waals surface area contributed by atoms with Crippen molar-refractivity contribution >= 4 is 11.3 Å². The second-order valence-electron chi connectivity index (χ2n) is 4.10. The molecule has 0 aromatic carbocycles. The highest BCUT2D eigenvalue weighted by Gasteiger charge is 2.37. The van der Waals surface area contributed by atoms with Crippen molar-refractivity contribution in [3.05, 3.63) is 21.9 Å². The van der Waals surface area contributed by atoms with Gasteiger partial charge in [-0.3, -0.25) is 0 Å². The molecule has 1 unspecified atom stereocenters. The molecule has 78 valence electrons. The van der Waals surface area contributed by atoms with Gasteiger partial charge in [-0.2, -0.15) is 0 Å². The number of hydrogen-bond donors (Lipinski definition) is 1. The maximum atomic E-state index is 10.4. The number of hydrogen-bond acceptors (Lipinski definition) is 3. The summed E-state index contributed by atoms with van der Waals surface area (Å²) in [6.07, 6.45) is 0.872. The molecule has 1 aromatic heterocycles. The van der Waals surface area contributed by atoms with E-state index < -0.39 is 5.60 Å². The van der Waals surface area contributed by atoms with Crippen LogP contribution in [0.5, 0.6) is 0 Å². The SMILES string of the molecule is CCN1CCC(O)(c2csc(C)c2)C1. The average molecular weight is 211 g/mol. The lowest BCUT2D eigenvalue weighted by molar-refractivity contribution is 0.0471. The molecule has 0 radical (unpaired) electrons. The Morgan fingerprint density at radius 1 is 1.64 bits per heavy atom. The third-order valence-electron chi connectivity index (χ3n) is 3.04. The predicted octanol–water partition coefficient (Wildman–Crippen LogP) is 1.97. The molecule has 1 aromatic rings. The first kappa shape index (κ1) is 10.1. The average Bonchev–Trinajstić information content (AvgIpc) is 2.73. The van der Waals surface area contributed by atoms with Crippen LogP contribution in [0.4, 0.5) is 0 Å². The van der Waals surface area contributed by atoms with E-state index in [4.69, 9.17) is 0 Å². The first-order valence-corrected chi connectivity index (χ1v) is 6.02. The van der Waals surface area contributed by atoms with Gasteiger partial charge in [0.15, 0.2) is 0 Å². The molecule has 1 fully saturated rings. The van der Waals surface area contributed by atoms with Gasteiger partial charge in [0.1, 0.15) is 5.60 Å². The predicted molar refractivity (Wildman–Crippen MR) is 59.7 cm³/mol. The van der Waals surface area contributed by atoms with E-state index in [1.807, 2.05) is 0 Å². The van der Waals surface area contributed by atoms with Crippen LogP contribution in [0.15, 0.2) is 11.4 Å². The summed E-state index contributed by atoms with van der Waals surface area (Å²) >= 11 is 1.72. The van der Waals surface area contributed by atoms with E-state index in [-0.39, 0.29) is 0 Å². The molecule has 14 heavy (non-hydrogen) atoms. The van der Waals surface area contributed by atoms with Gasteiger partial charge in [-0.15, -0.1) is 11.3 Å². The van der Waals surface area contributed by atoms with Crippen molar-refractivity contribution < 1.29 is 5.11 Å². The summed E-state index contributed by atoms with van der Waals surface area (Å²) in [4.78, 5) is 3.58. The fourth-order valence-corrected chi connectivity index (χ4v) is 2.86. The molecule has 0 spiro atoms. The highest BCUT2D eigenvalue weighted by molar-refractivity contribution is 7.10. The lowest BCUT2D eigenvalue weighted by Crippen LogP contribution is -2.30. The van der Waals surface area contributed by atoms with Crippen molar-refractivity contribution in [1.82, 2.24) is 4.90 Å². The summed E-state index contributed by atoms with van der Waals surface area (Å²) in [5.74, 6) is 0. The van der Waals surface area contributed by atoms with Crippen molar-refractivity contribution in [2.75, 3.05) is 19.6 Å². The van der Waals surface area contributed by atoms with Gasteiger partial charge >= 0.3 is 0 Å². The number of aliphatic hydroxyl groups is 1. The van der Waals surface area contributed by atoms with Crippen molar-refractivity contribution in [1.29, 1.82) is 0 Å². The van der Waals surface area contributed by atoms with E-state index >= 15 is 0 Å². The summed E-state index contributed by atoms with van der Waals surface area (Å²) in [5, 5.41) is 12.5. The number of likely N-dealkylation sites (tertiary alicyclic amines) is 1. The van der Waals surface area contributed by atoms with Crippen LogP contribution >= 0.6 is 11.3 Å². The smallest absolute Gasteiger partial charge is 0.104 e. The Labute approximate surface area is 89.2 Å². The van der Waals surface area contributed by atoms with Crippen molar-refractivity contribution in [2.45, 2.75) is 25.9 Å². The van der Waals surface area contributed by atoms with Crippen LogP contribution in [0.1, 0.15) is 23.8 Å². The molecule has 0 aliphatic carbocycles. The molecule has 1 atom stereocenters. The zero-order valence-corrected chi connectivity index (χ0v) is 9.60. The minimum atomic E-state index is -0.583. The quantitative estimate of drug-likeness (QED) is 0.808. The molecule has 1 N–H and O–H groups in total. The molecular formula is C11H17NOS. The summed E-state index contributed by atoms with van der Waals surface area (Å²) in [6, 6.07) is 2.11. The zero-order chi connectivity index (χ0) is 10.2. The lowest BCUT2D eigenvalue weighted by atomic mass is 9.96. The van der Waals surface area contributed by atoms with Crippen LogP contribution in [0.25, 0.3) is 0 Å². The van der Waals surface area contributed by atoms with E-state index in [2.05, 4.69) is 30.2 Å². The molecule has 0 bridgehead atoms. The van der Waals surface area contributed by atoms with E-state index in [9.17, 15) is 5.11 Å². The van der Waals surface area contributed by atoms with Gasteiger partial charge < -0.3 is 10.0 Å². The normalized spacial score (nSPS) is 28.5. The Hall–Kier alpha value is -0.380. The molecule has 1 aliphatic heterocycles. The Bertz CT molecular complexity index is 323. The summed E-state index contributed by atoms with van der Waals surface area (Å²) in [6.45, 7) is 7.07. The highest BCUT2D eigenvalue weighted by atomic mass is 32.1. The van der Waals surface area contributed by atoms with Crippen molar-refractivity contribution in [3.8, 4) is 0 Å². The fourth-order valence-electron chi connectivity index (χ4n) is 2.06. The van der Waals surface area contributed by atoms with Crippen LogP contribution < -0.4 is 0 Å². The van der Waals surface area contributed by atoms with Crippen LogP contribution in [-0.4, -0.2) is 29.6 Å². The maximum Gasteiger partial charge on any atom is 0.104 e. The lowest BCUT2D eigenvalue weighted by Gasteiger charge is -2.22. The Morgan fingerprint density at radius 3 is 2.93 bits per heavy atom. The van der Waals surface area contributed by atoms with Crippen molar-refractivity contribution in [2.24, 2.45) is 0 Å². The second kappa shape index (κ2) is 3.65. The Kier molecular flexibility index (Phi) is 2.64. The molecule has 1 saturated heterocycles. The molecule has 1 aliphatic rings. The minimum Gasteiger partial charge on any atom is -0.384 e. The monoisotopic (exact) mass is 211 g/mol.